The zero-order valence-electron chi connectivity index (χ0n) is 10.6. The lowest BCUT2D eigenvalue weighted by atomic mass is 10.2. The van der Waals surface area contributed by atoms with E-state index >= 15 is 0 Å². The largest absolute Gasteiger partial charge is 0.396 e. The van der Waals surface area contributed by atoms with Crippen molar-refractivity contribution in [1.82, 2.24) is 5.32 Å². The SMILES string of the molecule is COCCNCc1cccc(Cl)c1SCCCO. The van der Waals surface area contributed by atoms with Crippen LogP contribution in [0.25, 0.3) is 0 Å². The molecule has 102 valence electrons. The molecule has 0 radical (unpaired) electrons. The van der Waals surface area contributed by atoms with Gasteiger partial charge < -0.3 is 15.2 Å². The number of ether oxygens (including phenoxy) is 1. The predicted octanol–water partition coefficient (Wildman–Crippen LogP) is 2.55. The minimum Gasteiger partial charge on any atom is -0.396 e. The molecular formula is C13H20ClNO2S. The van der Waals surface area contributed by atoms with Crippen LogP contribution in [0, 0.1) is 0 Å². The van der Waals surface area contributed by atoms with E-state index in [1.165, 1.54) is 5.56 Å². The number of rotatable bonds is 9. The van der Waals surface area contributed by atoms with Gasteiger partial charge in [-0.15, -0.1) is 11.8 Å². The zero-order chi connectivity index (χ0) is 13.2. The van der Waals surface area contributed by atoms with E-state index in [-0.39, 0.29) is 6.61 Å². The summed E-state index contributed by atoms with van der Waals surface area (Å²) in [6.07, 6.45) is 0.784. The molecule has 0 unspecified atom stereocenters. The number of hydrogen-bond donors (Lipinski definition) is 2. The number of methoxy groups -OCH3 is 1. The van der Waals surface area contributed by atoms with Crippen LogP contribution in [0.3, 0.4) is 0 Å². The molecule has 1 rings (SSSR count). The number of aliphatic hydroxyl groups excluding tert-OH is 1. The highest BCUT2D eigenvalue weighted by molar-refractivity contribution is 7.99. The van der Waals surface area contributed by atoms with E-state index in [9.17, 15) is 0 Å². The summed E-state index contributed by atoms with van der Waals surface area (Å²) in [5, 5.41) is 12.9. The molecule has 0 heterocycles. The molecule has 1 aromatic rings. The van der Waals surface area contributed by atoms with Gasteiger partial charge in [0.1, 0.15) is 0 Å². The van der Waals surface area contributed by atoms with Crippen LogP contribution in [0.2, 0.25) is 5.02 Å². The van der Waals surface area contributed by atoms with Crippen molar-refractivity contribution in [3.63, 3.8) is 0 Å². The van der Waals surface area contributed by atoms with E-state index < -0.39 is 0 Å². The van der Waals surface area contributed by atoms with Crippen LogP contribution < -0.4 is 5.32 Å². The number of halogens is 1. The molecule has 0 atom stereocenters. The summed E-state index contributed by atoms with van der Waals surface area (Å²) in [7, 11) is 1.69. The second-order valence-electron chi connectivity index (χ2n) is 3.82. The second kappa shape index (κ2) is 9.64. The fourth-order valence-electron chi connectivity index (χ4n) is 1.49. The molecule has 0 bridgehead atoms. The normalized spacial score (nSPS) is 10.8. The average Bonchev–Trinajstić information content (AvgIpc) is 2.37. The minimum absolute atomic E-state index is 0.221. The first-order valence-electron chi connectivity index (χ1n) is 6.00. The van der Waals surface area contributed by atoms with Gasteiger partial charge >= 0.3 is 0 Å². The number of thioether (sulfide) groups is 1. The van der Waals surface area contributed by atoms with Crippen molar-refractivity contribution in [2.24, 2.45) is 0 Å². The predicted molar refractivity (Wildman–Crippen MR) is 77.5 cm³/mol. The van der Waals surface area contributed by atoms with Crippen LogP contribution in [0.15, 0.2) is 23.1 Å². The van der Waals surface area contributed by atoms with Gasteiger partial charge in [0.05, 0.1) is 11.6 Å². The van der Waals surface area contributed by atoms with E-state index in [1.807, 2.05) is 12.1 Å². The third kappa shape index (κ3) is 5.59. The molecule has 0 amide bonds. The van der Waals surface area contributed by atoms with E-state index in [4.69, 9.17) is 21.4 Å². The molecule has 0 aliphatic carbocycles. The fourth-order valence-corrected chi connectivity index (χ4v) is 2.86. The van der Waals surface area contributed by atoms with Crippen LogP contribution in [0.1, 0.15) is 12.0 Å². The highest BCUT2D eigenvalue weighted by Crippen LogP contribution is 2.31. The van der Waals surface area contributed by atoms with Gasteiger partial charge in [0.15, 0.2) is 0 Å². The lowest BCUT2D eigenvalue weighted by Gasteiger charge is -2.11. The molecular weight excluding hydrogens is 270 g/mol. The Morgan fingerprint density at radius 3 is 3.00 bits per heavy atom. The summed E-state index contributed by atoms with van der Waals surface area (Å²) in [6.45, 7) is 2.53. The molecule has 2 N–H and O–H groups in total. The molecule has 0 aliphatic heterocycles. The number of benzene rings is 1. The lowest BCUT2D eigenvalue weighted by Crippen LogP contribution is -2.19. The molecule has 0 spiro atoms. The van der Waals surface area contributed by atoms with Gasteiger partial charge in [0, 0.05) is 37.5 Å². The summed E-state index contributed by atoms with van der Waals surface area (Å²) in [4.78, 5) is 1.11. The third-order valence-corrected chi connectivity index (χ3v) is 4.09. The highest BCUT2D eigenvalue weighted by atomic mass is 35.5. The van der Waals surface area contributed by atoms with E-state index in [0.29, 0.717) is 6.61 Å². The van der Waals surface area contributed by atoms with Crippen LogP contribution in [0.5, 0.6) is 0 Å². The van der Waals surface area contributed by atoms with Crippen molar-refractivity contribution in [2.45, 2.75) is 17.9 Å². The Morgan fingerprint density at radius 1 is 1.44 bits per heavy atom. The smallest absolute Gasteiger partial charge is 0.0587 e. The summed E-state index contributed by atoms with van der Waals surface area (Å²) in [5.74, 6) is 0.880. The Balaban J connectivity index is 2.56. The Bertz CT molecular complexity index is 350. The summed E-state index contributed by atoms with van der Waals surface area (Å²) in [5.41, 5.74) is 1.20. The Labute approximate surface area is 118 Å². The van der Waals surface area contributed by atoms with Gasteiger partial charge in [0.2, 0.25) is 0 Å². The highest BCUT2D eigenvalue weighted by Gasteiger charge is 2.07. The van der Waals surface area contributed by atoms with Crippen molar-refractivity contribution < 1.29 is 9.84 Å². The standard InChI is InChI=1S/C13H20ClNO2S/c1-17-8-6-15-10-11-4-2-5-12(14)13(11)18-9-3-7-16/h2,4-5,15-16H,3,6-10H2,1H3. The van der Waals surface area contributed by atoms with Gasteiger partial charge in [-0.05, 0) is 18.1 Å². The topological polar surface area (TPSA) is 41.5 Å². The van der Waals surface area contributed by atoms with Gasteiger partial charge in [-0.1, -0.05) is 23.7 Å². The molecule has 0 fully saturated rings. The quantitative estimate of drug-likeness (QED) is 0.541. The molecule has 5 heteroatoms. The van der Waals surface area contributed by atoms with Crippen LogP contribution in [-0.2, 0) is 11.3 Å². The Kier molecular flexibility index (Phi) is 8.46. The van der Waals surface area contributed by atoms with Gasteiger partial charge in [0.25, 0.3) is 0 Å². The Hall–Kier alpha value is -0.260. The van der Waals surface area contributed by atoms with Crippen molar-refractivity contribution in [2.75, 3.05) is 32.6 Å². The second-order valence-corrected chi connectivity index (χ2v) is 5.34. The monoisotopic (exact) mass is 289 g/mol. The maximum absolute atomic E-state index is 8.81. The average molecular weight is 290 g/mol. The molecule has 0 aliphatic rings. The first-order valence-corrected chi connectivity index (χ1v) is 7.36. The molecule has 0 saturated carbocycles. The third-order valence-electron chi connectivity index (χ3n) is 2.40. The lowest BCUT2D eigenvalue weighted by molar-refractivity contribution is 0.199. The summed E-state index contributed by atoms with van der Waals surface area (Å²) < 4.78 is 4.99. The number of aliphatic hydroxyl groups is 1. The van der Waals surface area contributed by atoms with Crippen molar-refractivity contribution in [3.8, 4) is 0 Å². The fraction of sp³-hybridized carbons (Fsp3) is 0.538. The zero-order valence-corrected chi connectivity index (χ0v) is 12.2. The van der Waals surface area contributed by atoms with Crippen LogP contribution in [-0.4, -0.2) is 37.7 Å². The van der Waals surface area contributed by atoms with Crippen molar-refractivity contribution >= 4 is 23.4 Å². The summed E-state index contributed by atoms with van der Waals surface area (Å²) >= 11 is 7.91. The van der Waals surface area contributed by atoms with E-state index in [0.717, 1.165) is 35.2 Å². The molecule has 3 nitrogen and oxygen atoms in total. The van der Waals surface area contributed by atoms with E-state index in [1.54, 1.807) is 18.9 Å². The molecule has 1 aromatic carbocycles. The maximum atomic E-state index is 8.81. The summed E-state index contributed by atoms with van der Waals surface area (Å²) in [6, 6.07) is 5.94. The Morgan fingerprint density at radius 2 is 2.28 bits per heavy atom. The van der Waals surface area contributed by atoms with Gasteiger partial charge in [-0.25, -0.2) is 0 Å². The van der Waals surface area contributed by atoms with E-state index in [2.05, 4.69) is 11.4 Å². The number of nitrogens with one attached hydrogen (secondary N) is 1. The first kappa shape index (κ1) is 15.8. The van der Waals surface area contributed by atoms with Gasteiger partial charge in [-0.3, -0.25) is 0 Å². The van der Waals surface area contributed by atoms with Crippen LogP contribution >= 0.6 is 23.4 Å². The van der Waals surface area contributed by atoms with Crippen molar-refractivity contribution in [1.29, 1.82) is 0 Å². The van der Waals surface area contributed by atoms with Crippen LogP contribution in [0.4, 0.5) is 0 Å². The maximum Gasteiger partial charge on any atom is 0.0587 e. The minimum atomic E-state index is 0.221. The molecule has 18 heavy (non-hydrogen) atoms. The molecule has 0 saturated heterocycles. The van der Waals surface area contributed by atoms with Crippen molar-refractivity contribution in [3.05, 3.63) is 28.8 Å². The van der Waals surface area contributed by atoms with Gasteiger partial charge in [-0.2, -0.15) is 0 Å². The number of hydrogen-bond acceptors (Lipinski definition) is 4. The molecule has 0 aromatic heterocycles. The first-order chi connectivity index (χ1) is 8.79.